The highest BCUT2D eigenvalue weighted by atomic mass is 32.2. The average molecular weight is 579 g/mol. The zero-order chi connectivity index (χ0) is 28.4. The standard InChI is InChI=1S/C28H23FN4O5S2/c1-37-18-8-7-17(25(13-18)38-2)16-33(28-31-11-12-39-28)40(35,36)19-9-10-21-23(14-19)24(29)15-32-26(21)20-5-3-4-6-22(20)27(30)34/h3-15H,16H2,1-2H3,(H2,30,34). The zero-order valence-electron chi connectivity index (χ0n) is 21.4. The van der Waals surface area contributed by atoms with Gasteiger partial charge < -0.3 is 15.2 Å². The molecule has 3 aromatic carbocycles. The lowest BCUT2D eigenvalue weighted by Gasteiger charge is -2.23. The second-order valence-corrected chi connectivity index (χ2v) is 11.3. The number of ether oxygens (including phenoxy) is 2. The maximum absolute atomic E-state index is 15.1. The van der Waals surface area contributed by atoms with Gasteiger partial charge in [0.1, 0.15) is 17.3 Å². The number of thiazole rings is 1. The van der Waals surface area contributed by atoms with Crippen LogP contribution in [-0.4, -0.2) is 38.5 Å². The summed E-state index contributed by atoms with van der Waals surface area (Å²) in [4.78, 5) is 20.3. The van der Waals surface area contributed by atoms with Crippen LogP contribution < -0.4 is 19.5 Å². The van der Waals surface area contributed by atoms with Gasteiger partial charge in [-0.2, -0.15) is 0 Å². The first-order valence-electron chi connectivity index (χ1n) is 11.8. The number of fused-ring (bicyclic) bond motifs is 1. The summed E-state index contributed by atoms with van der Waals surface area (Å²) in [6.45, 7) is -0.100. The van der Waals surface area contributed by atoms with Crippen LogP contribution in [0.2, 0.25) is 0 Å². The minimum absolute atomic E-state index is 0.0199. The number of rotatable bonds is 9. The number of halogens is 1. The maximum atomic E-state index is 15.1. The average Bonchev–Trinajstić information content (AvgIpc) is 3.50. The van der Waals surface area contributed by atoms with Crippen molar-refractivity contribution in [3.05, 3.63) is 95.4 Å². The quantitative estimate of drug-likeness (QED) is 0.261. The van der Waals surface area contributed by atoms with Crippen molar-refractivity contribution in [2.45, 2.75) is 11.4 Å². The molecular weight excluding hydrogens is 555 g/mol. The van der Waals surface area contributed by atoms with E-state index in [9.17, 15) is 13.2 Å². The van der Waals surface area contributed by atoms with Gasteiger partial charge in [-0.15, -0.1) is 11.3 Å². The second kappa shape index (κ2) is 10.9. The van der Waals surface area contributed by atoms with Crippen LogP contribution in [0.25, 0.3) is 22.0 Å². The molecule has 0 aliphatic carbocycles. The normalized spacial score (nSPS) is 11.4. The molecule has 2 N–H and O–H groups in total. The molecule has 0 saturated heterocycles. The molecule has 2 aromatic heterocycles. The van der Waals surface area contributed by atoms with E-state index in [1.807, 2.05) is 0 Å². The summed E-state index contributed by atoms with van der Waals surface area (Å²) in [5.74, 6) is -0.395. The largest absolute Gasteiger partial charge is 0.497 e. The number of hydrogen-bond acceptors (Lipinski definition) is 8. The summed E-state index contributed by atoms with van der Waals surface area (Å²) in [7, 11) is -1.24. The SMILES string of the molecule is COc1ccc(CN(c2nccs2)S(=O)(=O)c2ccc3c(-c4ccccc4C(N)=O)ncc(F)c3c2)c(OC)c1. The number of nitrogens with zero attached hydrogens (tertiary/aromatic N) is 3. The van der Waals surface area contributed by atoms with E-state index >= 15 is 4.39 Å². The molecule has 0 radical (unpaired) electrons. The minimum Gasteiger partial charge on any atom is -0.497 e. The first-order valence-corrected chi connectivity index (χ1v) is 14.2. The van der Waals surface area contributed by atoms with Crippen molar-refractivity contribution in [2.24, 2.45) is 5.73 Å². The van der Waals surface area contributed by atoms with Crippen molar-refractivity contribution in [3.8, 4) is 22.8 Å². The molecule has 0 unspecified atom stereocenters. The van der Waals surface area contributed by atoms with Crippen molar-refractivity contribution >= 4 is 43.2 Å². The third-order valence-corrected chi connectivity index (χ3v) is 8.93. The Morgan fingerprint density at radius 1 is 1.02 bits per heavy atom. The van der Waals surface area contributed by atoms with E-state index in [2.05, 4.69) is 9.97 Å². The summed E-state index contributed by atoms with van der Waals surface area (Å²) in [5, 5.41) is 2.23. The van der Waals surface area contributed by atoms with E-state index in [1.54, 1.807) is 47.8 Å². The van der Waals surface area contributed by atoms with Crippen LogP contribution in [0.4, 0.5) is 9.52 Å². The smallest absolute Gasteiger partial charge is 0.266 e. The predicted octanol–water partition coefficient (Wildman–Crippen LogP) is 5.01. The van der Waals surface area contributed by atoms with Gasteiger partial charge in [0.15, 0.2) is 5.13 Å². The third kappa shape index (κ3) is 4.94. The number of methoxy groups -OCH3 is 2. The number of carbonyl (C=O) groups excluding carboxylic acids is 1. The van der Waals surface area contributed by atoms with Gasteiger partial charge in [0.25, 0.3) is 10.0 Å². The van der Waals surface area contributed by atoms with Crippen LogP contribution >= 0.6 is 11.3 Å². The molecule has 0 aliphatic rings. The molecule has 0 fully saturated rings. The van der Waals surface area contributed by atoms with Gasteiger partial charge in [-0.1, -0.05) is 24.3 Å². The number of amides is 1. The minimum atomic E-state index is -4.24. The Hall–Kier alpha value is -4.55. The van der Waals surface area contributed by atoms with Crippen molar-refractivity contribution in [3.63, 3.8) is 0 Å². The Balaban J connectivity index is 1.63. The fraction of sp³-hybridized carbons (Fsp3) is 0.107. The Kier molecular flexibility index (Phi) is 7.37. The van der Waals surface area contributed by atoms with Gasteiger partial charge in [0.2, 0.25) is 5.91 Å². The number of aromatic nitrogens is 2. The molecule has 5 rings (SSSR count). The van der Waals surface area contributed by atoms with E-state index in [1.165, 1.54) is 38.6 Å². The van der Waals surface area contributed by atoms with Gasteiger partial charge >= 0.3 is 0 Å². The number of anilines is 1. The number of hydrogen-bond donors (Lipinski definition) is 1. The molecule has 1 amide bonds. The molecular formula is C28H23FN4O5S2. The number of sulfonamides is 1. The first-order chi connectivity index (χ1) is 19.2. The molecule has 0 aliphatic heterocycles. The molecule has 9 nitrogen and oxygen atoms in total. The number of pyridine rings is 1. The molecule has 12 heteroatoms. The Morgan fingerprint density at radius 2 is 1.82 bits per heavy atom. The van der Waals surface area contributed by atoms with Crippen LogP contribution in [0.15, 0.2) is 83.3 Å². The molecule has 0 spiro atoms. The lowest BCUT2D eigenvalue weighted by molar-refractivity contribution is 0.100. The summed E-state index contributed by atoms with van der Waals surface area (Å²) in [6, 6.07) is 15.7. The van der Waals surface area contributed by atoms with Crippen LogP contribution in [0.1, 0.15) is 15.9 Å². The molecule has 5 aromatic rings. The van der Waals surface area contributed by atoms with E-state index < -0.39 is 21.7 Å². The van der Waals surface area contributed by atoms with Gasteiger partial charge in [0.05, 0.1) is 37.6 Å². The van der Waals surface area contributed by atoms with Crippen LogP contribution in [-0.2, 0) is 16.6 Å². The van der Waals surface area contributed by atoms with Gasteiger partial charge in [-0.05, 0) is 30.3 Å². The molecule has 0 saturated carbocycles. The molecule has 40 heavy (non-hydrogen) atoms. The highest BCUT2D eigenvalue weighted by Crippen LogP contribution is 2.35. The van der Waals surface area contributed by atoms with Crippen molar-refractivity contribution in [1.82, 2.24) is 9.97 Å². The fourth-order valence-corrected chi connectivity index (χ4v) is 6.62. The topological polar surface area (TPSA) is 125 Å². The predicted molar refractivity (Wildman–Crippen MR) is 151 cm³/mol. The summed E-state index contributed by atoms with van der Waals surface area (Å²) in [6.07, 6.45) is 2.49. The lowest BCUT2D eigenvalue weighted by atomic mass is 9.99. The number of primary amides is 1. The number of nitrogens with two attached hydrogens (primary N) is 1. The lowest BCUT2D eigenvalue weighted by Crippen LogP contribution is -2.30. The number of benzene rings is 3. The van der Waals surface area contributed by atoms with E-state index in [0.29, 0.717) is 33.7 Å². The van der Waals surface area contributed by atoms with Gasteiger partial charge in [-0.25, -0.2) is 22.1 Å². The molecule has 0 bridgehead atoms. The molecule has 0 atom stereocenters. The van der Waals surface area contributed by atoms with Crippen molar-refractivity contribution in [1.29, 1.82) is 0 Å². The molecule has 204 valence electrons. The highest BCUT2D eigenvalue weighted by Gasteiger charge is 2.29. The van der Waals surface area contributed by atoms with Gasteiger partial charge in [-0.3, -0.25) is 9.78 Å². The van der Waals surface area contributed by atoms with Crippen LogP contribution in [0.5, 0.6) is 11.5 Å². The van der Waals surface area contributed by atoms with Gasteiger partial charge in [0, 0.05) is 45.1 Å². The van der Waals surface area contributed by atoms with Crippen molar-refractivity contribution in [2.75, 3.05) is 18.5 Å². The van der Waals surface area contributed by atoms with E-state index in [4.69, 9.17) is 15.2 Å². The Labute approximate surface area is 233 Å². The zero-order valence-corrected chi connectivity index (χ0v) is 23.0. The fourth-order valence-electron chi connectivity index (χ4n) is 4.33. The summed E-state index contributed by atoms with van der Waals surface area (Å²) in [5.41, 5.74) is 7.03. The maximum Gasteiger partial charge on any atom is 0.266 e. The number of carbonyl (C=O) groups is 1. The second-order valence-electron chi connectivity index (χ2n) is 8.58. The van der Waals surface area contributed by atoms with E-state index in [-0.39, 0.29) is 27.5 Å². The first kappa shape index (κ1) is 27.0. The molecule has 2 heterocycles. The van der Waals surface area contributed by atoms with Crippen LogP contribution in [0, 0.1) is 5.82 Å². The van der Waals surface area contributed by atoms with Crippen LogP contribution in [0.3, 0.4) is 0 Å². The summed E-state index contributed by atoms with van der Waals surface area (Å²) < 4.78 is 55.0. The highest BCUT2D eigenvalue weighted by molar-refractivity contribution is 7.93. The summed E-state index contributed by atoms with van der Waals surface area (Å²) >= 11 is 1.15. The monoisotopic (exact) mass is 578 g/mol. The Bertz CT molecular complexity index is 1830. The Morgan fingerprint density at radius 3 is 2.52 bits per heavy atom. The van der Waals surface area contributed by atoms with Crippen molar-refractivity contribution < 1.29 is 27.1 Å². The third-order valence-electron chi connectivity index (χ3n) is 6.29. The van der Waals surface area contributed by atoms with E-state index in [0.717, 1.165) is 21.8 Å².